The topological polar surface area (TPSA) is 50.7 Å². The minimum Gasteiger partial charge on any atom is -0.382 e. The summed E-state index contributed by atoms with van der Waals surface area (Å²) in [6.07, 6.45) is 6.18. The Balaban J connectivity index is 2.73. The summed E-state index contributed by atoms with van der Waals surface area (Å²) < 4.78 is 0. The van der Waals surface area contributed by atoms with Crippen molar-refractivity contribution >= 4 is 12.1 Å². The monoisotopic (exact) mass is 109 g/mol. The fourth-order valence-corrected chi connectivity index (χ4v) is 0.438. The molecule has 0 aromatic heterocycles. The van der Waals surface area contributed by atoms with Gasteiger partial charge in [0.2, 0.25) is 0 Å². The van der Waals surface area contributed by atoms with Gasteiger partial charge in [0.25, 0.3) is 0 Å². The van der Waals surface area contributed by atoms with Crippen molar-refractivity contribution in [3.05, 3.63) is 12.2 Å². The molecule has 1 rings (SSSR count). The van der Waals surface area contributed by atoms with Crippen molar-refractivity contribution in [1.29, 1.82) is 0 Å². The molecule has 0 unspecified atom stereocenters. The van der Waals surface area contributed by atoms with Crippen LogP contribution in [0.3, 0.4) is 0 Å². The highest BCUT2D eigenvalue weighted by Gasteiger charge is 1.83. The predicted molar refractivity (Wildman–Crippen MR) is 33.9 cm³/mol. The van der Waals surface area contributed by atoms with Gasteiger partial charge in [-0.05, 0) is 6.08 Å². The molecule has 1 heterocycles. The van der Waals surface area contributed by atoms with Gasteiger partial charge in [0.15, 0.2) is 0 Å². The Kier molecular flexibility index (Phi) is 1.42. The molecule has 8 heavy (non-hydrogen) atoms. The van der Waals surface area contributed by atoms with Crippen LogP contribution in [0.15, 0.2) is 22.4 Å². The minimum absolute atomic E-state index is 0.471. The molecular weight excluding hydrogens is 102 g/mol. The number of amidine groups is 1. The number of rotatable bonds is 0. The second-order valence-corrected chi connectivity index (χ2v) is 1.46. The van der Waals surface area contributed by atoms with Crippen molar-refractivity contribution in [3.8, 4) is 0 Å². The highest BCUT2D eigenvalue weighted by Crippen LogP contribution is 1.86. The van der Waals surface area contributed by atoms with E-state index in [1.807, 2.05) is 6.08 Å². The van der Waals surface area contributed by atoms with Crippen LogP contribution in [0.4, 0.5) is 0 Å². The first-order chi connectivity index (χ1) is 3.89. The molecule has 0 bridgehead atoms. The number of hydrogen-bond acceptors (Lipinski definition) is 3. The van der Waals surface area contributed by atoms with Crippen molar-refractivity contribution in [2.75, 3.05) is 0 Å². The van der Waals surface area contributed by atoms with Crippen LogP contribution in [-0.4, -0.2) is 12.1 Å². The van der Waals surface area contributed by atoms with Gasteiger partial charge in [0.1, 0.15) is 5.84 Å². The Morgan fingerprint density at radius 3 is 3.38 bits per heavy atom. The first kappa shape index (κ1) is 5.03. The van der Waals surface area contributed by atoms with E-state index in [0.29, 0.717) is 5.84 Å². The highest BCUT2D eigenvalue weighted by molar-refractivity contribution is 5.92. The van der Waals surface area contributed by atoms with Crippen LogP contribution in [0.1, 0.15) is 6.42 Å². The van der Waals surface area contributed by atoms with Gasteiger partial charge in [-0.25, -0.2) is 0 Å². The smallest absolute Gasteiger partial charge is 0.145 e. The molecule has 1 aliphatic rings. The van der Waals surface area contributed by atoms with E-state index in [9.17, 15) is 0 Å². The number of allylic oxidation sites excluding steroid dienone is 1. The van der Waals surface area contributed by atoms with Crippen LogP contribution in [0, 0.1) is 0 Å². The van der Waals surface area contributed by atoms with Gasteiger partial charge in [-0.2, -0.15) is 5.10 Å². The third-order valence-electron chi connectivity index (χ3n) is 0.785. The molecule has 0 fully saturated rings. The van der Waals surface area contributed by atoms with E-state index in [1.54, 1.807) is 12.3 Å². The summed E-state index contributed by atoms with van der Waals surface area (Å²) in [6.45, 7) is 0. The zero-order valence-corrected chi connectivity index (χ0v) is 4.41. The molecule has 0 aromatic carbocycles. The molecule has 3 heteroatoms. The average Bonchev–Trinajstić information content (AvgIpc) is 1.94. The highest BCUT2D eigenvalue weighted by atomic mass is 15.2. The lowest BCUT2D eigenvalue weighted by Gasteiger charge is -1.79. The lowest BCUT2D eigenvalue weighted by Crippen LogP contribution is -2.05. The fourth-order valence-electron chi connectivity index (χ4n) is 0.438. The van der Waals surface area contributed by atoms with E-state index in [1.165, 1.54) is 0 Å². The summed E-state index contributed by atoms with van der Waals surface area (Å²) in [6, 6.07) is 0. The van der Waals surface area contributed by atoms with Gasteiger partial charge >= 0.3 is 0 Å². The summed E-state index contributed by atoms with van der Waals surface area (Å²) in [5.41, 5.74) is 5.28. The van der Waals surface area contributed by atoms with Gasteiger partial charge in [0, 0.05) is 12.6 Å². The summed E-state index contributed by atoms with van der Waals surface area (Å²) >= 11 is 0. The van der Waals surface area contributed by atoms with Gasteiger partial charge in [-0.3, -0.25) is 0 Å². The maximum atomic E-state index is 5.28. The maximum absolute atomic E-state index is 5.28. The molecule has 0 amide bonds. The second kappa shape index (κ2) is 2.26. The van der Waals surface area contributed by atoms with Crippen LogP contribution >= 0.6 is 0 Å². The van der Waals surface area contributed by atoms with E-state index in [4.69, 9.17) is 5.73 Å². The van der Waals surface area contributed by atoms with Crippen LogP contribution < -0.4 is 5.73 Å². The van der Waals surface area contributed by atoms with E-state index >= 15 is 0 Å². The average molecular weight is 109 g/mol. The molecule has 0 radical (unpaired) electrons. The molecule has 3 nitrogen and oxygen atoms in total. The number of nitrogens with two attached hydrogens (primary N) is 1. The van der Waals surface area contributed by atoms with Crippen LogP contribution in [0.2, 0.25) is 0 Å². The Morgan fingerprint density at radius 1 is 1.62 bits per heavy atom. The van der Waals surface area contributed by atoms with Crippen molar-refractivity contribution in [2.24, 2.45) is 15.9 Å². The standard InChI is InChI=1S/C5H7N3/c6-5-3-1-2-4-7-8-5/h1,3-4H,2H2,(H2,6,8). The van der Waals surface area contributed by atoms with Gasteiger partial charge < -0.3 is 5.73 Å². The third-order valence-corrected chi connectivity index (χ3v) is 0.785. The van der Waals surface area contributed by atoms with E-state index < -0.39 is 0 Å². The van der Waals surface area contributed by atoms with E-state index in [0.717, 1.165) is 6.42 Å². The van der Waals surface area contributed by atoms with Crippen molar-refractivity contribution in [2.45, 2.75) is 6.42 Å². The molecule has 0 saturated heterocycles. The van der Waals surface area contributed by atoms with Gasteiger partial charge in [0.05, 0.1) is 0 Å². The SMILES string of the molecule is NC1=NN=CCC=C1. The first-order valence-electron chi connectivity index (χ1n) is 2.41. The number of nitrogens with zero attached hydrogens (tertiary/aromatic N) is 2. The quantitative estimate of drug-likeness (QED) is 0.477. The van der Waals surface area contributed by atoms with Crippen molar-refractivity contribution in [3.63, 3.8) is 0 Å². The summed E-state index contributed by atoms with van der Waals surface area (Å²) in [7, 11) is 0. The van der Waals surface area contributed by atoms with Crippen LogP contribution in [-0.2, 0) is 0 Å². The van der Waals surface area contributed by atoms with Crippen LogP contribution in [0.5, 0.6) is 0 Å². The Morgan fingerprint density at radius 2 is 2.50 bits per heavy atom. The summed E-state index contributed by atoms with van der Waals surface area (Å²) in [4.78, 5) is 0. The predicted octanol–water partition coefficient (Wildman–Crippen LogP) is 0.289. The van der Waals surface area contributed by atoms with E-state index in [-0.39, 0.29) is 0 Å². The van der Waals surface area contributed by atoms with Crippen molar-refractivity contribution in [1.82, 2.24) is 0 Å². The van der Waals surface area contributed by atoms with Gasteiger partial charge in [-0.1, -0.05) is 6.08 Å². The lowest BCUT2D eigenvalue weighted by molar-refractivity contribution is 1.23. The minimum atomic E-state index is 0.471. The molecule has 0 saturated carbocycles. The summed E-state index contributed by atoms with van der Waals surface area (Å²) in [5, 5.41) is 7.23. The second-order valence-electron chi connectivity index (χ2n) is 1.46. The first-order valence-corrected chi connectivity index (χ1v) is 2.41. The Hall–Kier alpha value is -1.12. The Bertz CT molecular complexity index is 155. The zero-order chi connectivity index (χ0) is 5.82. The molecule has 2 N–H and O–H groups in total. The largest absolute Gasteiger partial charge is 0.382 e. The Labute approximate surface area is 47.6 Å². The maximum Gasteiger partial charge on any atom is 0.145 e. The number of hydrogen-bond donors (Lipinski definition) is 1. The molecule has 0 atom stereocenters. The molecule has 42 valence electrons. The van der Waals surface area contributed by atoms with Crippen molar-refractivity contribution < 1.29 is 0 Å². The van der Waals surface area contributed by atoms with Gasteiger partial charge in [-0.15, -0.1) is 5.10 Å². The molecule has 0 spiro atoms. The van der Waals surface area contributed by atoms with Crippen LogP contribution in [0.25, 0.3) is 0 Å². The third kappa shape index (κ3) is 1.18. The fraction of sp³-hybridized carbons (Fsp3) is 0.200. The summed E-state index contributed by atoms with van der Waals surface area (Å²) in [5.74, 6) is 0.471. The molecular formula is C5H7N3. The van der Waals surface area contributed by atoms with E-state index in [2.05, 4.69) is 10.2 Å². The normalized spacial score (nSPS) is 17.8. The molecule has 0 aromatic rings. The molecule has 0 aliphatic carbocycles. The molecule has 1 aliphatic heterocycles. The zero-order valence-electron chi connectivity index (χ0n) is 4.41. The lowest BCUT2D eigenvalue weighted by atomic mass is 10.4.